The Morgan fingerprint density at radius 2 is 1.10 bits per heavy atom. The highest BCUT2D eigenvalue weighted by Crippen LogP contribution is 2.43. The molecule has 0 aromatic heterocycles. The summed E-state index contributed by atoms with van der Waals surface area (Å²) in [6.45, 7) is 6.92. The van der Waals surface area contributed by atoms with Gasteiger partial charge in [-0.1, -0.05) is 130 Å². The zero-order chi connectivity index (χ0) is 35.6. The molecular weight excluding hydrogens is 645 g/mol. The zero-order valence-electron chi connectivity index (χ0n) is 29.2. The molecule has 0 amide bonds. The summed E-state index contributed by atoms with van der Waals surface area (Å²) < 4.78 is 24.7. The van der Waals surface area contributed by atoms with Crippen LogP contribution in [0.2, 0.25) is 5.04 Å². The van der Waals surface area contributed by atoms with E-state index in [0.29, 0.717) is 24.0 Å². The summed E-state index contributed by atoms with van der Waals surface area (Å²) in [5.74, 6) is -1.84. The van der Waals surface area contributed by atoms with E-state index >= 15 is 0 Å². The molecule has 4 aromatic rings. The van der Waals surface area contributed by atoms with Crippen molar-refractivity contribution in [1.82, 2.24) is 0 Å². The van der Waals surface area contributed by atoms with Gasteiger partial charge in [-0.3, -0.25) is 4.79 Å². The largest absolute Gasteiger partial charge is 0.469 e. The molecule has 260 valence electrons. The number of hydrogen-bond acceptors (Lipinski definition) is 7. The van der Waals surface area contributed by atoms with Crippen molar-refractivity contribution in [2.24, 2.45) is 11.8 Å². The molecule has 8 heteroatoms. The molecule has 0 radical (unpaired) electrons. The summed E-state index contributed by atoms with van der Waals surface area (Å²) in [7, 11) is -1.61. The first kappa shape index (κ1) is 36.5. The van der Waals surface area contributed by atoms with E-state index < -0.39 is 32.5 Å². The molecule has 1 aliphatic rings. The Balaban J connectivity index is 1.55. The first-order chi connectivity index (χ1) is 24.1. The molecule has 50 heavy (non-hydrogen) atoms. The lowest BCUT2D eigenvalue weighted by molar-refractivity contribution is -0.139. The van der Waals surface area contributed by atoms with E-state index in [9.17, 15) is 14.4 Å². The highest BCUT2D eigenvalue weighted by atomic mass is 28.4. The lowest BCUT2D eigenvalue weighted by atomic mass is 9.91. The van der Waals surface area contributed by atoms with E-state index in [1.807, 2.05) is 54.6 Å². The van der Waals surface area contributed by atoms with Gasteiger partial charge in [-0.05, 0) is 46.1 Å². The average Bonchev–Trinajstić information content (AvgIpc) is 3.45. The molecule has 0 aliphatic heterocycles. The number of allylic oxidation sites excluding steroid dienone is 1. The minimum absolute atomic E-state index is 0.118. The second kappa shape index (κ2) is 16.7. The number of hydrogen-bond donors (Lipinski definition) is 0. The smallest absolute Gasteiger partial charge is 0.338 e. The van der Waals surface area contributed by atoms with Crippen LogP contribution in [0.3, 0.4) is 0 Å². The Morgan fingerprint density at radius 3 is 1.54 bits per heavy atom. The Bertz CT molecular complexity index is 1680. The summed E-state index contributed by atoms with van der Waals surface area (Å²) in [5, 5.41) is 1.99. The van der Waals surface area contributed by atoms with Gasteiger partial charge in [0.2, 0.25) is 0 Å². The molecule has 4 aromatic carbocycles. The van der Waals surface area contributed by atoms with Gasteiger partial charge < -0.3 is 18.6 Å². The van der Waals surface area contributed by atoms with Gasteiger partial charge in [-0.25, -0.2) is 9.59 Å². The van der Waals surface area contributed by atoms with Gasteiger partial charge in [-0.15, -0.1) is 0 Å². The summed E-state index contributed by atoms with van der Waals surface area (Å²) >= 11 is 0. The summed E-state index contributed by atoms with van der Waals surface area (Å²) in [6, 6.07) is 38.5. The van der Waals surface area contributed by atoms with Crippen molar-refractivity contribution >= 4 is 36.6 Å². The van der Waals surface area contributed by atoms with Crippen molar-refractivity contribution in [2.45, 2.75) is 57.3 Å². The summed E-state index contributed by atoms with van der Waals surface area (Å²) in [6.07, 6.45) is 3.40. The van der Waals surface area contributed by atoms with Gasteiger partial charge in [0, 0.05) is 24.9 Å². The standard InChI is InChI=1S/C42H46O7Si/c1-42(2,3)50(33-23-13-7-14-24-33,34-25-15-8-16-26-34)47-30-36-35(27-17-18-28-39(43)46-4)37(48-40(44)31-19-9-5-10-20-31)29-38(36)49-41(45)32-21-11-6-12-22-32/h5-26,35-38H,27-30H2,1-4H3/b18-17-/t35-,36+,37-,38+/m1/s1. The third-order valence-corrected chi connectivity index (χ3v) is 14.5. The first-order valence-corrected chi connectivity index (χ1v) is 19.0. The van der Waals surface area contributed by atoms with Crippen LogP contribution in [0.1, 0.15) is 60.7 Å². The number of ether oxygens (including phenoxy) is 3. The van der Waals surface area contributed by atoms with Gasteiger partial charge in [0.1, 0.15) is 12.2 Å². The average molecular weight is 691 g/mol. The maximum Gasteiger partial charge on any atom is 0.338 e. The van der Waals surface area contributed by atoms with Crippen molar-refractivity contribution in [2.75, 3.05) is 13.7 Å². The predicted molar refractivity (Wildman–Crippen MR) is 197 cm³/mol. The van der Waals surface area contributed by atoms with Crippen LogP contribution < -0.4 is 10.4 Å². The normalized spacial score (nSPS) is 19.2. The molecule has 0 heterocycles. The SMILES string of the molecule is COC(=O)C/C=C\C[C@@H]1[C@H](CO[Si](c2ccccc2)(c2ccccc2)C(C)(C)C)[C@@H](OC(=O)c2ccccc2)C[C@H]1OC(=O)c1ccccc1. The third-order valence-electron chi connectivity index (χ3n) is 9.50. The topological polar surface area (TPSA) is 88.1 Å². The molecule has 1 aliphatic carbocycles. The van der Waals surface area contributed by atoms with Crippen molar-refractivity contribution in [3.63, 3.8) is 0 Å². The Kier molecular flexibility index (Phi) is 12.2. The van der Waals surface area contributed by atoms with Gasteiger partial charge in [0.05, 0.1) is 24.7 Å². The minimum Gasteiger partial charge on any atom is -0.469 e. The number of methoxy groups -OCH3 is 1. The van der Waals surface area contributed by atoms with Crippen LogP contribution in [-0.4, -0.2) is 52.1 Å². The van der Waals surface area contributed by atoms with Gasteiger partial charge >= 0.3 is 17.9 Å². The van der Waals surface area contributed by atoms with E-state index in [1.54, 1.807) is 54.6 Å². The van der Waals surface area contributed by atoms with Gasteiger partial charge in [0.25, 0.3) is 8.32 Å². The molecule has 1 saturated carbocycles. The zero-order valence-corrected chi connectivity index (χ0v) is 30.2. The second-order valence-corrected chi connectivity index (χ2v) is 18.0. The maximum atomic E-state index is 13.5. The van der Waals surface area contributed by atoms with Crippen LogP contribution in [0.5, 0.6) is 0 Å². The first-order valence-electron chi connectivity index (χ1n) is 17.1. The van der Waals surface area contributed by atoms with Crippen LogP contribution in [-0.2, 0) is 23.4 Å². The highest BCUT2D eigenvalue weighted by molar-refractivity contribution is 6.99. The molecule has 1 fully saturated rings. The number of benzene rings is 4. The fourth-order valence-corrected chi connectivity index (χ4v) is 11.6. The molecule has 5 rings (SSSR count). The maximum absolute atomic E-state index is 13.5. The Morgan fingerprint density at radius 1 is 0.660 bits per heavy atom. The summed E-state index contributed by atoms with van der Waals surface area (Å²) in [5.41, 5.74) is 0.885. The van der Waals surface area contributed by atoms with E-state index in [2.05, 4.69) is 45.0 Å². The molecule has 4 atom stereocenters. The molecule has 0 saturated heterocycles. The van der Waals surface area contributed by atoms with Crippen LogP contribution in [0.25, 0.3) is 0 Å². The van der Waals surface area contributed by atoms with Crippen molar-refractivity contribution in [3.05, 3.63) is 145 Å². The monoisotopic (exact) mass is 690 g/mol. The summed E-state index contributed by atoms with van der Waals surface area (Å²) in [4.78, 5) is 38.9. The number of carbonyl (C=O) groups is 3. The van der Waals surface area contributed by atoms with Crippen molar-refractivity contribution in [1.29, 1.82) is 0 Å². The van der Waals surface area contributed by atoms with Crippen LogP contribution >= 0.6 is 0 Å². The molecule has 0 spiro atoms. The lowest BCUT2D eigenvalue weighted by Gasteiger charge is -2.44. The van der Waals surface area contributed by atoms with Crippen LogP contribution in [0, 0.1) is 11.8 Å². The lowest BCUT2D eigenvalue weighted by Crippen LogP contribution is -2.67. The van der Waals surface area contributed by atoms with E-state index in [0.717, 1.165) is 10.4 Å². The fourth-order valence-electron chi connectivity index (χ4n) is 7.02. The van der Waals surface area contributed by atoms with Crippen molar-refractivity contribution in [3.8, 4) is 0 Å². The van der Waals surface area contributed by atoms with Crippen molar-refractivity contribution < 1.29 is 33.0 Å². The quantitative estimate of drug-likeness (QED) is 0.0637. The van der Waals surface area contributed by atoms with Gasteiger partial charge in [0.15, 0.2) is 0 Å². The fraction of sp³-hybridized carbons (Fsp3) is 0.310. The highest BCUT2D eigenvalue weighted by Gasteiger charge is 2.53. The second-order valence-electron chi connectivity index (χ2n) is 13.6. The van der Waals surface area contributed by atoms with Gasteiger partial charge in [-0.2, -0.15) is 0 Å². The van der Waals surface area contributed by atoms with Crippen LogP contribution in [0.15, 0.2) is 133 Å². The number of esters is 3. The molecule has 0 unspecified atom stereocenters. The molecular formula is C42H46O7Si. The van der Waals surface area contributed by atoms with E-state index in [4.69, 9.17) is 18.6 Å². The van der Waals surface area contributed by atoms with E-state index in [-0.39, 0.29) is 35.9 Å². The molecule has 0 N–H and O–H groups in total. The number of carbonyl (C=O) groups excluding carboxylic acids is 3. The molecule has 7 nitrogen and oxygen atoms in total. The Hall–Kier alpha value is -4.79. The van der Waals surface area contributed by atoms with E-state index in [1.165, 1.54) is 7.11 Å². The number of rotatable bonds is 13. The predicted octanol–water partition coefficient (Wildman–Crippen LogP) is 7.16. The third kappa shape index (κ3) is 8.49. The molecule has 0 bridgehead atoms. The van der Waals surface area contributed by atoms with Crippen LogP contribution in [0.4, 0.5) is 0 Å². The minimum atomic E-state index is -2.97. The Labute approximate surface area is 296 Å².